The number of rotatable bonds is 9. The van der Waals surface area contributed by atoms with Gasteiger partial charge in [-0.3, -0.25) is 0 Å². The maximum Gasteiger partial charge on any atom is 0.337 e. The summed E-state index contributed by atoms with van der Waals surface area (Å²) in [6.45, 7) is 6.13. The minimum absolute atomic E-state index is 0.0144. The fraction of sp³-hybridized carbons (Fsp3) is 0.824. The van der Waals surface area contributed by atoms with Crippen LogP contribution in [0.4, 0.5) is 0 Å². The molecule has 5 heteroatoms. The standard InChI is InChI=1S/C17H26O5/c1-4-12-5-13-6-17(13)7-14(17)15(12)21-10-22-16(18)11(2)8-20-9-19-3/h12-15H,2,4-10H2,1,3H3. The van der Waals surface area contributed by atoms with Crippen molar-refractivity contribution in [1.29, 1.82) is 0 Å². The molecule has 3 saturated carbocycles. The van der Waals surface area contributed by atoms with Crippen LogP contribution in [0.2, 0.25) is 0 Å². The molecule has 0 aromatic rings. The van der Waals surface area contributed by atoms with Gasteiger partial charge in [-0.05, 0) is 42.4 Å². The van der Waals surface area contributed by atoms with Crippen LogP contribution in [-0.4, -0.2) is 39.4 Å². The summed E-state index contributed by atoms with van der Waals surface area (Å²) in [5.41, 5.74) is 0.902. The molecule has 5 atom stereocenters. The zero-order valence-electron chi connectivity index (χ0n) is 13.5. The van der Waals surface area contributed by atoms with Gasteiger partial charge in [-0.1, -0.05) is 19.9 Å². The Balaban J connectivity index is 1.39. The molecule has 0 heterocycles. The van der Waals surface area contributed by atoms with Crippen LogP contribution in [0.5, 0.6) is 0 Å². The lowest BCUT2D eigenvalue weighted by atomic mass is 9.85. The minimum Gasteiger partial charge on any atom is -0.435 e. The number of carbonyl (C=O) groups is 1. The minimum atomic E-state index is -0.463. The van der Waals surface area contributed by atoms with Gasteiger partial charge in [0.05, 0.1) is 18.3 Å². The molecule has 5 nitrogen and oxygen atoms in total. The number of methoxy groups -OCH3 is 1. The average molecular weight is 310 g/mol. The molecule has 0 aromatic heterocycles. The van der Waals surface area contributed by atoms with Crippen molar-refractivity contribution in [2.75, 3.05) is 27.3 Å². The molecule has 22 heavy (non-hydrogen) atoms. The zero-order chi connectivity index (χ0) is 15.7. The third-order valence-electron chi connectivity index (χ3n) is 5.65. The van der Waals surface area contributed by atoms with Crippen LogP contribution in [0, 0.1) is 23.2 Å². The normalized spacial score (nSPS) is 37.9. The quantitative estimate of drug-likeness (QED) is 0.283. The second-order valence-electron chi connectivity index (χ2n) is 6.89. The molecule has 0 aromatic carbocycles. The molecule has 0 N–H and O–H groups in total. The summed E-state index contributed by atoms with van der Waals surface area (Å²) < 4.78 is 20.9. The Hall–Kier alpha value is -0.910. The number of hydrogen-bond donors (Lipinski definition) is 0. The monoisotopic (exact) mass is 310 g/mol. The summed E-state index contributed by atoms with van der Waals surface area (Å²) in [6, 6.07) is 0. The molecule has 5 unspecified atom stereocenters. The molecule has 3 fully saturated rings. The topological polar surface area (TPSA) is 54.0 Å². The summed E-state index contributed by atoms with van der Waals surface area (Å²) in [5, 5.41) is 0. The summed E-state index contributed by atoms with van der Waals surface area (Å²) in [7, 11) is 1.53. The Morgan fingerprint density at radius 3 is 2.86 bits per heavy atom. The highest BCUT2D eigenvalue weighted by Gasteiger charge is 2.75. The zero-order valence-corrected chi connectivity index (χ0v) is 13.5. The maximum absolute atomic E-state index is 11.8. The van der Waals surface area contributed by atoms with Crippen molar-refractivity contribution in [3.05, 3.63) is 12.2 Å². The molecule has 0 amide bonds. The van der Waals surface area contributed by atoms with Crippen LogP contribution in [0.25, 0.3) is 0 Å². The van der Waals surface area contributed by atoms with Crippen molar-refractivity contribution in [3.8, 4) is 0 Å². The Kier molecular flexibility index (Phi) is 4.57. The number of carbonyl (C=O) groups excluding carboxylic acids is 1. The van der Waals surface area contributed by atoms with Gasteiger partial charge in [-0.15, -0.1) is 0 Å². The van der Waals surface area contributed by atoms with Gasteiger partial charge in [0.2, 0.25) is 0 Å². The lowest BCUT2D eigenvalue weighted by Gasteiger charge is -2.30. The van der Waals surface area contributed by atoms with E-state index in [9.17, 15) is 4.79 Å². The lowest BCUT2D eigenvalue weighted by Crippen LogP contribution is -2.32. The van der Waals surface area contributed by atoms with E-state index in [1.165, 1.54) is 26.4 Å². The van der Waals surface area contributed by atoms with E-state index in [-0.39, 0.29) is 31.9 Å². The van der Waals surface area contributed by atoms with E-state index in [4.69, 9.17) is 18.9 Å². The fourth-order valence-electron chi connectivity index (χ4n) is 4.27. The first-order valence-electron chi connectivity index (χ1n) is 8.15. The third-order valence-corrected chi connectivity index (χ3v) is 5.65. The van der Waals surface area contributed by atoms with E-state index < -0.39 is 5.97 Å². The van der Waals surface area contributed by atoms with Crippen LogP contribution in [-0.2, 0) is 23.7 Å². The van der Waals surface area contributed by atoms with Gasteiger partial charge < -0.3 is 18.9 Å². The molecule has 0 saturated heterocycles. The average Bonchev–Trinajstić information content (AvgIpc) is 3.39. The van der Waals surface area contributed by atoms with Crippen molar-refractivity contribution >= 4 is 5.97 Å². The Bertz CT molecular complexity index is 448. The van der Waals surface area contributed by atoms with Crippen LogP contribution in [0.3, 0.4) is 0 Å². The maximum atomic E-state index is 11.8. The van der Waals surface area contributed by atoms with Crippen molar-refractivity contribution < 1.29 is 23.7 Å². The highest BCUT2D eigenvalue weighted by atomic mass is 16.7. The molecule has 3 aliphatic carbocycles. The van der Waals surface area contributed by atoms with Gasteiger partial charge in [0.25, 0.3) is 0 Å². The van der Waals surface area contributed by atoms with Crippen LogP contribution in [0.1, 0.15) is 32.6 Å². The number of hydrogen-bond acceptors (Lipinski definition) is 5. The van der Waals surface area contributed by atoms with Crippen LogP contribution < -0.4 is 0 Å². The highest BCUT2D eigenvalue weighted by Crippen LogP contribution is 2.80. The van der Waals surface area contributed by atoms with Crippen molar-refractivity contribution in [2.45, 2.75) is 38.7 Å². The van der Waals surface area contributed by atoms with E-state index in [0.29, 0.717) is 17.3 Å². The second kappa shape index (κ2) is 6.30. The lowest BCUT2D eigenvalue weighted by molar-refractivity contribution is -0.163. The molecule has 0 radical (unpaired) electrons. The summed E-state index contributed by atoms with van der Waals surface area (Å²) in [5.74, 6) is 1.79. The summed E-state index contributed by atoms with van der Waals surface area (Å²) >= 11 is 0. The SMILES string of the molecule is C=C(COCOC)C(=O)OCOC1C(CC)CC2CC23CC13. The van der Waals surface area contributed by atoms with Crippen LogP contribution >= 0.6 is 0 Å². The first-order valence-corrected chi connectivity index (χ1v) is 8.15. The molecular weight excluding hydrogens is 284 g/mol. The highest BCUT2D eigenvalue weighted by molar-refractivity contribution is 5.87. The van der Waals surface area contributed by atoms with Crippen LogP contribution in [0.15, 0.2) is 12.2 Å². The molecule has 3 aliphatic rings. The molecule has 0 aliphatic heterocycles. The van der Waals surface area contributed by atoms with E-state index in [1.54, 1.807) is 0 Å². The second-order valence-corrected chi connectivity index (χ2v) is 6.89. The molecule has 0 bridgehead atoms. The van der Waals surface area contributed by atoms with Crippen molar-refractivity contribution in [2.24, 2.45) is 23.2 Å². The third kappa shape index (κ3) is 2.94. The molecule has 124 valence electrons. The Morgan fingerprint density at radius 1 is 1.32 bits per heavy atom. The van der Waals surface area contributed by atoms with Gasteiger partial charge >= 0.3 is 5.97 Å². The van der Waals surface area contributed by atoms with E-state index in [1.807, 2.05) is 0 Å². The fourth-order valence-corrected chi connectivity index (χ4v) is 4.27. The van der Waals surface area contributed by atoms with Gasteiger partial charge in [0.1, 0.15) is 6.79 Å². The van der Waals surface area contributed by atoms with Gasteiger partial charge in [-0.2, -0.15) is 0 Å². The van der Waals surface area contributed by atoms with Gasteiger partial charge in [0.15, 0.2) is 6.79 Å². The Labute approximate surface area is 131 Å². The van der Waals surface area contributed by atoms with Gasteiger partial charge in [-0.25, -0.2) is 4.79 Å². The van der Waals surface area contributed by atoms with Gasteiger partial charge in [0, 0.05) is 7.11 Å². The van der Waals surface area contributed by atoms with E-state index in [2.05, 4.69) is 13.5 Å². The first-order chi connectivity index (χ1) is 10.6. The summed E-state index contributed by atoms with van der Waals surface area (Å²) in [4.78, 5) is 11.8. The smallest absolute Gasteiger partial charge is 0.337 e. The van der Waals surface area contributed by atoms with Crippen molar-refractivity contribution in [1.82, 2.24) is 0 Å². The predicted molar refractivity (Wildman–Crippen MR) is 79.8 cm³/mol. The largest absolute Gasteiger partial charge is 0.435 e. The van der Waals surface area contributed by atoms with Crippen molar-refractivity contribution in [3.63, 3.8) is 0 Å². The molecule has 1 spiro atoms. The van der Waals surface area contributed by atoms with E-state index >= 15 is 0 Å². The van der Waals surface area contributed by atoms with E-state index in [0.717, 1.165) is 12.3 Å². The number of esters is 1. The first kappa shape index (κ1) is 16.0. The summed E-state index contributed by atoms with van der Waals surface area (Å²) in [6.07, 6.45) is 5.38. The predicted octanol–water partition coefficient (Wildman–Crippen LogP) is 2.51. The number of ether oxygens (including phenoxy) is 4. The Morgan fingerprint density at radius 2 is 2.14 bits per heavy atom. The molecule has 3 rings (SSSR count). The molecular formula is C17H26O5.